The Kier molecular flexibility index (Phi) is 3.43. The summed E-state index contributed by atoms with van der Waals surface area (Å²) >= 11 is 0. The molecule has 0 atom stereocenters. The van der Waals surface area contributed by atoms with E-state index in [9.17, 15) is 4.79 Å². The van der Waals surface area contributed by atoms with Crippen molar-refractivity contribution < 1.29 is 19.2 Å². The SMILES string of the molecule is CC1(C)OB(c2ccc(NC(=O)O)cc2N)OC1(C)C. The van der Waals surface area contributed by atoms with Crippen LogP contribution in [0.4, 0.5) is 16.2 Å². The number of benzene rings is 1. The Bertz CT molecular complexity index is 529. The fourth-order valence-electron chi connectivity index (χ4n) is 1.96. The molecule has 0 radical (unpaired) electrons. The molecular formula is C13H19BN2O4. The molecule has 1 heterocycles. The summed E-state index contributed by atoms with van der Waals surface area (Å²) in [6.07, 6.45) is -1.13. The summed E-state index contributed by atoms with van der Waals surface area (Å²) in [5.41, 5.74) is 6.61. The van der Waals surface area contributed by atoms with Gasteiger partial charge in [0.1, 0.15) is 0 Å². The normalized spacial score (nSPS) is 19.9. The topological polar surface area (TPSA) is 93.8 Å². The average molecular weight is 278 g/mol. The van der Waals surface area contributed by atoms with Gasteiger partial charge in [0, 0.05) is 16.8 Å². The molecule has 20 heavy (non-hydrogen) atoms. The molecule has 1 aromatic rings. The van der Waals surface area contributed by atoms with Gasteiger partial charge in [0.25, 0.3) is 0 Å². The molecule has 0 aliphatic carbocycles. The zero-order valence-electron chi connectivity index (χ0n) is 12.1. The summed E-state index contributed by atoms with van der Waals surface area (Å²) in [6.45, 7) is 7.85. The van der Waals surface area contributed by atoms with Crippen molar-refractivity contribution in [2.24, 2.45) is 0 Å². The first kappa shape index (κ1) is 14.7. The fourth-order valence-corrected chi connectivity index (χ4v) is 1.96. The van der Waals surface area contributed by atoms with Crippen LogP contribution in [-0.4, -0.2) is 29.5 Å². The van der Waals surface area contributed by atoms with Crippen LogP contribution in [-0.2, 0) is 9.31 Å². The Morgan fingerprint density at radius 2 is 1.80 bits per heavy atom. The molecule has 6 nitrogen and oxygen atoms in total. The molecular weight excluding hydrogens is 259 g/mol. The van der Waals surface area contributed by atoms with Gasteiger partial charge in [-0.2, -0.15) is 0 Å². The van der Waals surface area contributed by atoms with Gasteiger partial charge in [-0.3, -0.25) is 5.32 Å². The summed E-state index contributed by atoms with van der Waals surface area (Å²) in [5.74, 6) is 0. The molecule has 7 heteroatoms. The summed E-state index contributed by atoms with van der Waals surface area (Å²) in [7, 11) is -0.557. The number of nitrogen functional groups attached to an aromatic ring is 1. The highest BCUT2D eigenvalue weighted by Gasteiger charge is 2.52. The molecule has 1 fully saturated rings. The zero-order chi connectivity index (χ0) is 15.1. The molecule has 0 aromatic heterocycles. The van der Waals surface area contributed by atoms with Crippen molar-refractivity contribution >= 4 is 30.0 Å². The van der Waals surface area contributed by atoms with Gasteiger partial charge in [-0.1, -0.05) is 6.07 Å². The van der Waals surface area contributed by atoms with Crippen molar-refractivity contribution in [3.8, 4) is 0 Å². The van der Waals surface area contributed by atoms with Gasteiger partial charge in [0.05, 0.1) is 11.2 Å². The molecule has 108 valence electrons. The van der Waals surface area contributed by atoms with Crippen molar-refractivity contribution in [2.75, 3.05) is 11.1 Å². The van der Waals surface area contributed by atoms with Crippen LogP contribution in [0.15, 0.2) is 18.2 Å². The highest BCUT2D eigenvalue weighted by atomic mass is 16.7. The lowest BCUT2D eigenvalue weighted by Crippen LogP contribution is -2.41. The summed E-state index contributed by atoms with van der Waals surface area (Å²) < 4.78 is 11.8. The van der Waals surface area contributed by atoms with Gasteiger partial charge >= 0.3 is 13.2 Å². The van der Waals surface area contributed by atoms with E-state index in [1.807, 2.05) is 27.7 Å². The molecule has 1 aromatic carbocycles. The number of carbonyl (C=O) groups is 1. The second kappa shape index (κ2) is 4.68. The molecule has 1 aliphatic heterocycles. The second-order valence-electron chi connectivity index (χ2n) is 5.86. The van der Waals surface area contributed by atoms with Crippen molar-refractivity contribution in [1.82, 2.24) is 0 Å². The summed E-state index contributed by atoms with van der Waals surface area (Å²) in [4.78, 5) is 10.6. The predicted octanol–water partition coefficient (Wildman–Crippen LogP) is 1.66. The van der Waals surface area contributed by atoms with E-state index in [2.05, 4.69) is 5.32 Å². The van der Waals surface area contributed by atoms with Gasteiger partial charge in [-0.15, -0.1) is 0 Å². The van der Waals surface area contributed by atoms with E-state index < -0.39 is 24.4 Å². The molecule has 0 bridgehead atoms. The Balaban J connectivity index is 2.25. The molecule has 0 unspecified atom stereocenters. The van der Waals surface area contributed by atoms with Gasteiger partial charge in [-0.05, 0) is 39.8 Å². The van der Waals surface area contributed by atoms with Crippen molar-refractivity contribution in [2.45, 2.75) is 38.9 Å². The zero-order valence-corrected chi connectivity index (χ0v) is 12.1. The Morgan fingerprint density at radius 3 is 2.25 bits per heavy atom. The third-order valence-corrected chi connectivity index (χ3v) is 3.85. The van der Waals surface area contributed by atoms with Crippen molar-refractivity contribution in [3.63, 3.8) is 0 Å². The van der Waals surface area contributed by atoms with E-state index >= 15 is 0 Å². The minimum absolute atomic E-state index is 0.412. The van der Waals surface area contributed by atoms with Crippen LogP contribution >= 0.6 is 0 Å². The lowest BCUT2D eigenvalue weighted by molar-refractivity contribution is 0.00578. The number of nitrogens with one attached hydrogen (secondary N) is 1. The van der Waals surface area contributed by atoms with Crippen LogP contribution in [0.1, 0.15) is 27.7 Å². The van der Waals surface area contributed by atoms with Crippen LogP contribution in [0.25, 0.3) is 0 Å². The van der Waals surface area contributed by atoms with Crippen molar-refractivity contribution in [3.05, 3.63) is 18.2 Å². The van der Waals surface area contributed by atoms with E-state index in [0.29, 0.717) is 16.8 Å². The Hall–Kier alpha value is -1.73. The maximum Gasteiger partial charge on any atom is 0.496 e. The van der Waals surface area contributed by atoms with Crippen LogP contribution < -0.4 is 16.5 Å². The molecule has 1 amide bonds. The first-order chi connectivity index (χ1) is 9.12. The quantitative estimate of drug-likeness (QED) is 0.565. The number of hydrogen-bond acceptors (Lipinski definition) is 4. The van der Waals surface area contributed by atoms with E-state index in [-0.39, 0.29) is 0 Å². The van der Waals surface area contributed by atoms with Crippen LogP contribution in [0.5, 0.6) is 0 Å². The van der Waals surface area contributed by atoms with Crippen LogP contribution in [0.3, 0.4) is 0 Å². The van der Waals surface area contributed by atoms with E-state index in [4.69, 9.17) is 20.1 Å². The standard InChI is InChI=1S/C13H19BN2O4/c1-12(2)13(3,4)20-14(19-12)9-6-5-8(7-10(9)15)16-11(17)18/h5-7,16H,15H2,1-4H3,(H,17,18). The molecule has 0 saturated carbocycles. The average Bonchev–Trinajstić information content (AvgIpc) is 2.46. The molecule has 1 aliphatic rings. The van der Waals surface area contributed by atoms with Crippen LogP contribution in [0, 0.1) is 0 Å². The third kappa shape index (κ3) is 2.59. The van der Waals surface area contributed by atoms with Crippen LogP contribution in [0.2, 0.25) is 0 Å². The third-order valence-electron chi connectivity index (χ3n) is 3.85. The van der Waals surface area contributed by atoms with Gasteiger partial charge in [-0.25, -0.2) is 4.79 Å². The van der Waals surface area contributed by atoms with E-state index in [0.717, 1.165) is 0 Å². The highest BCUT2D eigenvalue weighted by molar-refractivity contribution is 6.63. The number of rotatable bonds is 2. The Labute approximate surface area is 118 Å². The second-order valence-corrected chi connectivity index (χ2v) is 5.86. The Morgan fingerprint density at radius 1 is 1.25 bits per heavy atom. The molecule has 2 rings (SSSR count). The predicted molar refractivity (Wildman–Crippen MR) is 78.2 cm³/mol. The van der Waals surface area contributed by atoms with E-state index in [1.54, 1.807) is 18.2 Å². The van der Waals surface area contributed by atoms with Gasteiger partial charge < -0.3 is 20.1 Å². The maximum atomic E-state index is 10.6. The smallest absolute Gasteiger partial charge is 0.465 e. The number of hydrogen-bond donors (Lipinski definition) is 3. The highest BCUT2D eigenvalue weighted by Crippen LogP contribution is 2.36. The van der Waals surface area contributed by atoms with E-state index in [1.165, 1.54) is 0 Å². The minimum atomic E-state index is -1.13. The summed E-state index contributed by atoms with van der Waals surface area (Å²) in [5, 5.41) is 10.9. The lowest BCUT2D eigenvalue weighted by atomic mass is 9.78. The fraction of sp³-hybridized carbons (Fsp3) is 0.462. The largest absolute Gasteiger partial charge is 0.496 e. The number of anilines is 2. The molecule has 1 saturated heterocycles. The number of nitrogens with two attached hydrogens (primary N) is 1. The lowest BCUT2D eigenvalue weighted by Gasteiger charge is -2.32. The molecule has 0 spiro atoms. The monoisotopic (exact) mass is 278 g/mol. The summed E-state index contributed by atoms with van der Waals surface area (Å²) in [6, 6.07) is 4.89. The first-order valence-electron chi connectivity index (χ1n) is 6.37. The maximum absolute atomic E-state index is 10.6. The first-order valence-corrected chi connectivity index (χ1v) is 6.37. The molecule has 4 N–H and O–H groups in total. The van der Waals surface area contributed by atoms with Gasteiger partial charge in [0.2, 0.25) is 0 Å². The minimum Gasteiger partial charge on any atom is -0.465 e. The van der Waals surface area contributed by atoms with Crippen molar-refractivity contribution in [1.29, 1.82) is 0 Å². The number of carboxylic acid groups (broad SMARTS) is 1. The number of amides is 1. The van der Waals surface area contributed by atoms with Gasteiger partial charge in [0.15, 0.2) is 0 Å².